The fraction of sp³-hybridized carbons (Fsp3) is 1.00. The van der Waals surface area contributed by atoms with Gasteiger partial charge in [0.1, 0.15) is 18.7 Å². The van der Waals surface area contributed by atoms with Crippen LogP contribution in [0.15, 0.2) is 0 Å². The van der Waals surface area contributed by atoms with E-state index in [1.54, 1.807) is 32.7 Å². The van der Waals surface area contributed by atoms with E-state index < -0.39 is 18.7 Å². The summed E-state index contributed by atoms with van der Waals surface area (Å²) in [6.07, 6.45) is -2.07. The van der Waals surface area contributed by atoms with Crippen LogP contribution < -0.4 is 0 Å². The molecule has 0 rings (SSSR count). The minimum absolute atomic E-state index is 0.312. The molecule has 0 aliphatic carbocycles. The maximum absolute atomic E-state index is 9.27. The molecular weight excluding hydrogens is 172 g/mol. The van der Waals surface area contributed by atoms with Crippen LogP contribution >= 0.6 is 0 Å². The van der Waals surface area contributed by atoms with Crippen molar-refractivity contribution in [3.8, 4) is 0 Å². The second kappa shape index (κ2) is 5.51. The van der Waals surface area contributed by atoms with Crippen molar-refractivity contribution in [3.63, 3.8) is 0 Å². The van der Waals surface area contributed by atoms with Crippen LogP contribution in [-0.2, 0) is 0 Å². The minimum Gasteiger partial charge on any atom is -0.379 e. The summed E-state index contributed by atoms with van der Waals surface area (Å²) in [4.78, 5) is 3.06. The molecule has 0 aromatic carbocycles. The van der Waals surface area contributed by atoms with Crippen LogP contribution in [0.25, 0.3) is 0 Å². The standard InChI is InChI=1S/C8H20N2O3/c1-6(11)9(4)5-10(7(2)12)8(3)13/h6-8,11-13H,5H2,1-4H3. The van der Waals surface area contributed by atoms with Crippen LogP contribution in [0.4, 0.5) is 0 Å². The first kappa shape index (κ1) is 12.8. The molecule has 0 aliphatic rings. The zero-order chi connectivity index (χ0) is 10.6. The van der Waals surface area contributed by atoms with Crippen LogP contribution in [0.2, 0.25) is 0 Å². The zero-order valence-corrected chi connectivity index (χ0v) is 8.68. The van der Waals surface area contributed by atoms with Gasteiger partial charge in [0.2, 0.25) is 0 Å². The Morgan fingerprint density at radius 1 is 0.923 bits per heavy atom. The summed E-state index contributed by atoms with van der Waals surface area (Å²) in [6.45, 7) is 5.08. The zero-order valence-electron chi connectivity index (χ0n) is 8.68. The Labute approximate surface area is 79.2 Å². The fourth-order valence-electron chi connectivity index (χ4n) is 0.924. The fourth-order valence-corrected chi connectivity index (χ4v) is 0.924. The third-order valence-corrected chi connectivity index (χ3v) is 1.98. The Morgan fingerprint density at radius 2 is 1.31 bits per heavy atom. The highest BCUT2D eigenvalue weighted by atomic mass is 16.3. The highest BCUT2D eigenvalue weighted by molar-refractivity contribution is 4.59. The predicted molar refractivity (Wildman–Crippen MR) is 49.5 cm³/mol. The van der Waals surface area contributed by atoms with Crippen LogP contribution in [0.1, 0.15) is 20.8 Å². The Kier molecular flexibility index (Phi) is 5.43. The molecule has 0 radical (unpaired) electrons. The van der Waals surface area contributed by atoms with E-state index in [-0.39, 0.29) is 0 Å². The van der Waals surface area contributed by atoms with Crippen LogP contribution in [0, 0.1) is 0 Å². The quantitative estimate of drug-likeness (QED) is 0.497. The lowest BCUT2D eigenvalue weighted by Gasteiger charge is -2.33. The van der Waals surface area contributed by atoms with Crippen molar-refractivity contribution >= 4 is 0 Å². The molecule has 0 saturated heterocycles. The minimum atomic E-state index is -0.735. The largest absolute Gasteiger partial charge is 0.379 e. The summed E-state index contributed by atoms with van der Waals surface area (Å²) in [7, 11) is 1.71. The van der Waals surface area contributed by atoms with Gasteiger partial charge < -0.3 is 15.3 Å². The Hall–Kier alpha value is -0.200. The summed E-state index contributed by atoms with van der Waals surface area (Å²) in [5, 5.41) is 27.7. The van der Waals surface area contributed by atoms with Gasteiger partial charge in [-0.3, -0.25) is 4.90 Å². The van der Waals surface area contributed by atoms with Gasteiger partial charge in [0, 0.05) is 0 Å². The Balaban J connectivity index is 4.10. The van der Waals surface area contributed by atoms with Gasteiger partial charge in [-0.2, -0.15) is 0 Å². The molecule has 5 heteroatoms. The van der Waals surface area contributed by atoms with Gasteiger partial charge in [0.05, 0.1) is 6.67 Å². The number of hydrogen-bond acceptors (Lipinski definition) is 5. The molecule has 0 aromatic rings. The van der Waals surface area contributed by atoms with Gasteiger partial charge in [-0.1, -0.05) is 0 Å². The van der Waals surface area contributed by atoms with Crippen LogP contribution in [0.5, 0.6) is 0 Å². The highest BCUT2D eigenvalue weighted by Crippen LogP contribution is 2.03. The van der Waals surface area contributed by atoms with Crippen molar-refractivity contribution in [1.29, 1.82) is 0 Å². The molecule has 0 heterocycles. The van der Waals surface area contributed by atoms with Gasteiger partial charge in [0.25, 0.3) is 0 Å². The van der Waals surface area contributed by atoms with Crippen LogP contribution in [-0.4, -0.2) is 57.5 Å². The molecule has 5 nitrogen and oxygen atoms in total. The summed E-state index contributed by atoms with van der Waals surface area (Å²) in [6, 6.07) is 0. The average molecular weight is 192 g/mol. The normalized spacial score (nSPS) is 19.2. The average Bonchev–Trinajstić information content (AvgIpc) is 1.97. The van der Waals surface area contributed by atoms with Gasteiger partial charge in [0.15, 0.2) is 0 Å². The molecule has 3 N–H and O–H groups in total. The number of rotatable bonds is 5. The third-order valence-electron chi connectivity index (χ3n) is 1.98. The second-order valence-electron chi connectivity index (χ2n) is 3.31. The van der Waals surface area contributed by atoms with Crippen LogP contribution in [0.3, 0.4) is 0 Å². The van der Waals surface area contributed by atoms with E-state index in [1.807, 2.05) is 0 Å². The second-order valence-corrected chi connectivity index (χ2v) is 3.31. The molecule has 0 spiro atoms. The van der Waals surface area contributed by atoms with E-state index in [9.17, 15) is 10.2 Å². The molecule has 0 amide bonds. The topological polar surface area (TPSA) is 67.2 Å². The molecule has 0 saturated carbocycles. The molecule has 0 fully saturated rings. The first-order valence-corrected chi connectivity index (χ1v) is 4.36. The Morgan fingerprint density at radius 3 is 1.54 bits per heavy atom. The molecule has 0 aromatic heterocycles. The maximum Gasteiger partial charge on any atom is 0.107 e. The lowest BCUT2D eigenvalue weighted by Crippen LogP contribution is -2.48. The molecule has 80 valence electrons. The highest BCUT2D eigenvalue weighted by Gasteiger charge is 2.19. The molecule has 3 atom stereocenters. The SMILES string of the molecule is CC(O)N(C)CN(C(C)O)C(C)O. The number of aliphatic hydroxyl groups excluding tert-OH is 3. The van der Waals surface area contributed by atoms with Gasteiger partial charge >= 0.3 is 0 Å². The molecular formula is C8H20N2O3. The van der Waals surface area contributed by atoms with Gasteiger partial charge in [-0.15, -0.1) is 0 Å². The van der Waals surface area contributed by atoms with Gasteiger partial charge in [-0.05, 0) is 27.8 Å². The van der Waals surface area contributed by atoms with Gasteiger partial charge in [-0.25, -0.2) is 4.90 Å². The molecule has 3 unspecified atom stereocenters. The molecule has 0 bridgehead atoms. The van der Waals surface area contributed by atoms with E-state index in [1.165, 1.54) is 4.90 Å². The van der Waals surface area contributed by atoms with E-state index in [4.69, 9.17) is 5.11 Å². The lowest BCUT2D eigenvalue weighted by molar-refractivity contribution is -0.124. The van der Waals surface area contributed by atoms with Crippen molar-refractivity contribution in [2.45, 2.75) is 39.5 Å². The van der Waals surface area contributed by atoms with Crippen molar-refractivity contribution in [1.82, 2.24) is 9.80 Å². The number of hydrogen-bond donors (Lipinski definition) is 3. The lowest BCUT2D eigenvalue weighted by atomic mass is 10.4. The summed E-state index contributed by atoms with van der Waals surface area (Å²) in [5.74, 6) is 0. The van der Waals surface area contributed by atoms with Crippen molar-refractivity contribution < 1.29 is 15.3 Å². The number of nitrogens with zero attached hydrogens (tertiary/aromatic N) is 2. The van der Waals surface area contributed by atoms with E-state index >= 15 is 0 Å². The smallest absolute Gasteiger partial charge is 0.107 e. The first-order chi connectivity index (χ1) is 5.86. The van der Waals surface area contributed by atoms with Crippen molar-refractivity contribution in [2.75, 3.05) is 13.7 Å². The first-order valence-electron chi connectivity index (χ1n) is 4.36. The summed E-state index contributed by atoms with van der Waals surface area (Å²) >= 11 is 0. The molecule has 0 aliphatic heterocycles. The van der Waals surface area contributed by atoms with Crippen molar-refractivity contribution in [2.24, 2.45) is 0 Å². The Bertz CT molecular complexity index is 131. The maximum atomic E-state index is 9.27. The van der Waals surface area contributed by atoms with E-state index in [0.29, 0.717) is 6.67 Å². The monoisotopic (exact) mass is 192 g/mol. The van der Waals surface area contributed by atoms with E-state index in [0.717, 1.165) is 0 Å². The van der Waals surface area contributed by atoms with Crippen molar-refractivity contribution in [3.05, 3.63) is 0 Å². The van der Waals surface area contributed by atoms with E-state index in [2.05, 4.69) is 0 Å². The summed E-state index contributed by atoms with van der Waals surface area (Å²) in [5.41, 5.74) is 0. The molecule has 13 heavy (non-hydrogen) atoms. The summed E-state index contributed by atoms with van der Waals surface area (Å²) < 4.78 is 0. The number of aliphatic hydroxyl groups is 3. The predicted octanol–water partition coefficient (Wildman–Crippen LogP) is -0.807. The third kappa shape index (κ3) is 4.54.